The van der Waals surface area contributed by atoms with Crippen LogP contribution in [0.1, 0.15) is 16.8 Å². The SMILES string of the molecule is O=C(c1cccc(Cl)c1)N1CCC(Cl)C1. The Labute approximate surface area is 98.8 Å². The number of rotatable bonds is 1. The lowest BCUT2D eigenvalue weighted by Gasteiger charge is -2.15. The Morgan fingerprint density at radius 3 is 2.87 bits per heavy atom. The van der Waals surface area contributed by atoms with Crippen molar-refractivity contribution < 1.29 is 4.79 Å². The molecule has 2 nitrogen and oxygen atoms in total. The van der Waals surface area contributed by atoms with E-state index in [9.17, 15) is 4.79 Å². The van der Waals surface area contributed by atoms with Gasteiger partial charge in [0.15, 0.2) is 0 Å². The summed E-state index contributed by atoms with van der Waals surface area (Å²) >= 11 is 11.8. The zero-order chi connectivity index (χ0) is 10.8. The van der Waals surface area contributed by atoms with Crippen LogP contribution in [0, 0.1) is 0 Å². The van der Waals surface area contributed by atoms with Crippen LogP contribution < -0.4 is 0 Å². The second kappa shape index (κ2) is 4.42. The highest BCUT2D eigenvalue weighted by atomic mass is 35.5. The van der Waals surface area contributed by atoms with E-state index in [2.05, 4.69) is 0 Å². The van der Waals surface area contributed by atoms with E-state index in [1.54, 1.807) is 29.2 Å². The number of halogens is 2. The van der Waals surface area contributed by atoms with Gasteiger partial charge in [0, 0.05) is 23.7 Å². The first-order valence-corrected chi connectivity index (χ1v) is 5.67. The van der Waals surface area contributed by atoms with E-state index >= 15 is 0 Å². The van der Waals surface area contributed by atoms with Crippen LogP contribution in [0.4, 0.5) is 0 Å². The van der Waals surface area contributed by atoms with Crippen molar-refractivity contribution in [2.24, 2.45) is 0 Å². The standard InChI is InChI=1S/C11H11Cl2NO/c12-9-3-1-2-8(6-9)11(15)14-5-4-10(13)7-14/h1-3,6,10H,4-5,7H2. The Kier molecular flexibility index (Phi) is 3.17. The predicted octanol–water partition coefficient (Wildman–Crippen LogP) is 2.79. The second-order valence-corrected chi connectivity index (χ2v) is 4.70. The van der Waals surface area contributed by atoms with Gasteiger partial charge in [0.05, 0.1) is 5.38 Å². The van der Waals surface area contributed by atoms with Gasteiger partial charge < -0.3 is 4.90 Å². The van der Waals surface area contributed by atoms with Crippen LogP contribution in [-0.2, 0) is 0 Å². The third kappa shape index (κ3) is 2.44. The van der Waals surface area contributed by atoms with Crippen LogP contribution >= 0.6 is 23.2 Å². The van der Waals surface area contributed by atoms with Crippen LogP contribution in [0.2, 0.25) is 5.02 Å². The van der Waals surface area contributed by atoms with Crippen LogP contribution in [0.3, 0.4) is 0 Å². The molecule has 1 aliphatic rings. The lowest BCUT2D eigenvalue weighted by Crippen LogP contribution is -2.28. The van der Waals surface area contributed by atoms with Crippen LogP contribution in [0.5, 0.6) is 0 Å². The van der Waals surface area contributed by atoms with Gasteiger partial charge in [-0.2, -0.15) is 0 Å². The first-order valence-electron chi connectivity index (χ1n) is 4.86. The molecule has 1 amide bonds. The van der Waals surface area contributed by atoms with E-state index < -0.39 is 0 Å². The van der Waals surface area contributed by atoms with Gasteiger partial charge in [0.25, 0.3) is 5.91 Å². The molecule has 1 aromatic carbocycles. The molecule has 1 atom stereocenters. The molecule has 1 aliphatic heterocycles. The minimum Gasteiger partial charge on any atom is -0.337 e. The van der Waals surface area contributed by atoms with Crippen molar-refractivity contribution in [2.75, 3.05) is 13.1 Å². The Morgan fingerprint density at radius 2 is 2.27 bits per heavy atom. The predicted molar refractivity (Wildman–Crippen MR) is 61.6 cm³/mol. The molecular weight excluding hydrogens is 233 g/mol. The highest BCUT2D eigenvalue weighted by Gasteiger charge is 2.25. The molecule has 1 fully saturated rings. The number of benzene rings is 1. The number of alkyl halides is 1. The fraction of sp³-hybridized carbons (Fsp3) is 0.364. The summed E-state index contributed by atoms with van der Waals surface area (Å²) in [6, 6.07) is 7.00. The van der Waals surface area contributed by atoms with Gasteiger partial charge >= 0.3 is 0 Å². The summed E-state index contributed by atoms with van der Waals surface area (Å²) < 4.78 is 0. The maximum absolute atomic E-state index is 12.0. The lowest BCUT2D eigenvalue weighted by molar-refractivity contribution is 0.0793. The fourth-order valence-corrected chi connectivity index (χ4v) is 2.16. The summed E-state index contributed by atoms with van der Waals surface area (Å²) in [5.74, 6) is 0.0145. The van der Waals surface area contributed by atoms with Crippen LogP contribution in [-0.4, -0.2) is 29.3 Å². The number of carbonyl (C=O) groups is 1. The average Bonchev–Trinajstić information content (AvgIpc) is 2.64. The number of carbonyl (C=O) groups excluding carboxylic acids is 1. The smallest absolute Gasteiger partial charge is 0.253 e. The van der Waals surface area contributed by atoms with Gasteiger partial charge in [0.2, 0.25) is 0 Å². The zero-order valence-electron chi connectivity index (χ0n) is 8.12. The van der Waals surface area contributed by atoms with Gasteiger partial charge in [-0.25, -0.2) is 0 Å². The van der Waals surface area contributed by atoms with E-state index in [-0.39, 0.29) is 11.3 Å². The van der Waals surface area contributed by atoms with Crippen molar-refractivity contribution in [2.45, 2.75) is 11.8 Å². The largest absolute Gasteiger partial charge is 0.337 e. The first-order chi connectivity index (χ1) is 7.16. The second-order valence-electron chi connectivity index (χ2n) is 3.65. The molecular formula is C11H11Cl2NO. The Hall–Kier alpha value is -0.730. The monoisotopic (exact) mass is 243 g/mol. The molecule has 15 heavy (non-hydrogen) atoms. The molecule has 1 saturated heterocycles. The average molecular weight is 244 g/mol. The van der Waals surface area contributed by atoms with E-state index in [0.717, 1.165) is 13.0 Å². The van der Waals surface area contributed by atoms with Crippen molar-refractivity contribution in [3.63, 3.8) is 0 Å². The number of likely N-dealkylation sites (tertiary alicyclic amines) is 1. The third-order valence-corrected chi connectivity index (χ3v) is 3.08. The molecule has 0 spiro atoms. The number of hydrogen-bond acceptors (Lipinski definition) is 1. The van der Waals surface area contributed by atoms with Gasteiger partial charge in [-0.15, -0.1) is 11.6 Å². The van der Waals surface area contributed by atoms with E-state index in [1.165, 1.54) is 0 Å². The third-order valence-electron chi connectivity index (χ3n) is 2.49. The van der Waals surface area contributed by atoms with Crippen LogP contribution in [0.15, 0.2) is 24.3 Å². The summed E-state index contributed by atoms with van der Waals surface area (Å²) in [6.45, 7) is 1.37. The molecule has 2 rings (SSSR count). The van der Waals surface area contributed by atoms with Gasteiger partial charge in [-0.3, -0.25) is 4.79 Å². The van der Waals surface area contributed by atoms with E-state index in [4.69, 9.17) is 23.2 Å². The summed E-state index contributed by atoms with van der Waals surface area (Å²) in [5.41, 5.74) is 0.633. The topological polar surface area (TPSA) is 20.3 Å². The Balaban J connectivity index is 2.14. The molecule has 1 aromatic rings. The molecule has 0 N–H and O–H groups in total. The molecule has 80 valence electrons. The fourth-order valence-electron chi connectivity index (χ4n) is 1.71. The summed E-state index contributed by atoms with van der Waals surface area (Å²) in [7, 11) is 0. The molecule has 1 heterocycles. The molecule has 0 radical (unpaired) electrons. The molecule has 0 saturated carbocycles. The minimum absolute atomic E-state index is 0.0145. The van der Waals surface area contributed by atoms with Gasteiger partial charge in [0.1, 0.15) is 0 Å². The van der Waals surface area contributed by atoms with Crippen molar-refractivity contribution >= 4 is 29.1 Å². The highest BCUT2D eigenvalue weighted by Crippen LogP contribution is 2.19. The summed E-state index contributed by atoms with van der Waals surface area (Å²) in [5, 5.41) is 0.676. The number of amides is 1. The lowest BCUT2D eigenvalue weighted by atomic mass is 10.2. The number of nitrogens with zero attached hydrogens (tertiary/aromatic N) is 1. The van der Waals surface area contributed by atoms with Gasteiger partial charge in [-0.1, -0.05) is 17.7 Å². The first kappa shape index (κ1) is 10.8. The quantitative estimate of drug-likeness (QED) is 0.695. The molecule has 0 bridgehead atoms. The number of hydrogen-bond donors (Lipinski definition) is 0. The van der Waals surface area contributed by atoms with E-state index in [1.807, 2.05) is 0 Å². The Bertz CT molecular complexity index is 381. The highest BCUT2D eigenvalue weighted by molar-refractivity contribution is 6.31. The van der Waals surface area contributed by atoms with Crippen LogP contribution in [0.25, 0.3) is 0 Å². The maximum atomic E-state index is 12.0. The minimum atomic E-state index is 0.0145. The van der Waals surface area contributed by atoms with Crippen molar-refractivity contribution in [3.05, 3.63) is 34.9 Å². The van der Waals surface area contributed by atoms with Gasteiger partial charge in [-0.05, 0) is 24.6 Å². The Morgan fingerprint density at radius 1 is 1.47 bits per heavy atom. The summed E-state index contributed by atoms with van der Waals surface area (Å²) in [6.07, 6.45) is 0.869. The van der Waals surface area contributed by atoms with Crippen molar-refractivity contribution in [1.82, 2.24) is 4.90 Å². The summed E-state index contributed by atoms with van der Waals surface area (Å²) in [4.78, 5) is 13.7. The van der Waals surface area contributed by atoms with E-state index in [0.29, 0.717) is 17.1 Å². The molecule has 4 heteroatoms. The molecule has 1 unspecified atom stereocenters. The molecule has 0 aromatic heterocycles. The zero-order valence-corrected chi connectivity index (χ0v) is 9.63. The normalized spacial score (nSPS) is 20.7. The van der Waals surface area contributed by atoms with Crippen molar-refractivity contribution in [3.8, 4) is 0 Å². The van der Waals surface area contributed by atoms with Crippen molar-refractivity contribution in [1.29, 1.82) is 0 Å². The maximum Gasteiger partial charge on any atom is 0.253 e. The molecule has 0 aliphatic carbocycles.